The standard InChI is InChI=1S/C56H62Br2N2/c1-3-5-7-9-11-13-15-17-19-41-21-33-53-49(37-41)51-39-45(57)27-35-55(51)59(53)47-29-23-43(24-30-47)44-25-31-48(32-26-44)60-54-34-22-42(20-18-16-14-12-10-8-6-4-2)38-50(54)52-40-46(58)28-36-56(52)60/h21-40H,3-20H2,1-2H3. The number of aromatic nitrogens is 2. The molecule has 6 aromatic carbocycles. The van der Waals surface area contributed by atoms with Crippen LogP contribution in [0.15, 0.2) is 130 Å². The Balaban J connectivity index is 0.995. The highest BCUT2D eigenvalue weighted by Crippen LogP contribution is 2.37. The third-order valence-corrected chi connectivity index (χ3v) is 13.8. The monoisotopic (exact) mass is 920 g/mol. The van der Waals surface area contributed by atoms with Gasteiger partial charge in [0, 0.05) is 41.9 Å². The van der Waals surface area contributed by atoms with Crippen LogP contribution in [0, 0.1) is 0 Å². The first-order valence-electron chi connectivity index (χ1n) is 23.2. The van der Waals surface area contributed by atoms with E-state index in [-0.39, 0.29) is 0 Å². The minimum atomic E-state index is 1.12. The molecular formula is C56H62Br2N2. The Hall–Kier alpha value is -4.12. The molecule has 0 N–H and O–H groups in total. The molecule has 0 aliphatic heterocycles. The molecule has 0 spiro atoms. The number of nitrogens with zero attached hydrogens (tertiary/aromatic N) is 2. The fraction of sp³-hybridized carbons (Fsp3) is 0.357. The highest BCUT2D eigenvalue weighted by atomic mass is 79.9. The molecule has 60 heavy (non-hydrogen) atoms. The molecule has 0 amide bonds. The average molecular weight is 923 g/mol. The highest BCUT2D eigenvalue weighted by Gasteiger charge is 2.16. The number of rotatable bonds is 21. The van der Waals surface area contributed by atoms with Gasteiger partial charge in [-0.3, -0.25) is 0 Å². The van der Waals surface area contributed by atoms with Gasteiger partial charge in [0.05, 0.1) is 22.1 Å². The van der Waals surface area contributed by atoms with Gasteiger partial charge >= 0.3 is 0 Å². The SMILES string of the molecule is CCCCCCCCCCc1ccc2c(c1)c1cc(Br)ccc1n2-c1ccc(-c2ccc(-n3c4ccc(Br)cc4c4cc(CCCCCCCCCC)ccc43)cc2)cc1. The third-order valence-electron chi connectivity index (χ3n) is 12.8. The summed E-state index contributed by atoms with van der Waals surface area (Å²) in [5.74, 6) is 0. The van der Waals surface area contributed by atoms with E-state index in [0.29, 0.717) is 0 Å². The van der Waals surface area contributed by atoms with Crippen molar-refractivity contribution >= 4 is 75.5 Å². The summed E-state index contributed by atoms with van der Waals surface area (Å²) >= 11 is 7.54. The Labute approximate surface area is 375 Å². The first-order chi connectivity index (χ1) is 29.5. The fourth-order valence-corrected chi connectivity index (χ4v) is 10.2. The van der Waals surface area contributed by atoms with Crippen molar-refractivity contribution in [2.24, 2.45) is 0 Å². The van der Waals surface area contributed by atoms with Crippen LogP contribution in [0.1, 0.15) is 128 Å². The van der Waals surface area contributed by atoms with Gasteiger partial charge in [0.2, 0.25) is 0 Å². The number of unbranched alkanes of at least 4 members (excludes halogenated alkanes) is 14. The molecule has 2 aromatic heterocycles. The van der Waals surface area contributed by atoms with Gasteiger partial charge < -0.3 is 9.13 Å². The molecule has 0 atom stereocenters. The van der Waals surface area contributed by atoms with Crippen LogP contribution < -0.4 is 0 Å². The van der Waals surface area contributed by atoms with E-state index < -0.39 is 0 Å². The Kier molecular flexibility index (Phi) is 14.6. The van der Waals surface area contributed by atoms with Gasteiger partial charge in [-0.05, 0) is 133 Å². The second-order valence-electron chi connectivity index (χ2n) is 17.2. The zero-order valence-electron chi connectivity index (χ0n) is 35.9. The second-order valence-corrected chi connectivity index (χ2v) is 19.1. The molecule has 2 heterocycles. The predicted octanol–water partition coefficient (Wildman–Crippen LogP) is 18.4. The normalized spacial score (nSPS) is 11.9. The Morgan fingerprint density at radius 2 is 0.650 bits per heavy atom. The summed E-state index contributed by atoms with van der Waals surface area (Å²) < 4.78 is 7.11. The van der Waals surface area contributed by atoms with Crippen LogP contribution in [0.4, 0.5) is 0 Å². The maximum atomic E-state index is 3.77. The molecule has 0 aliphatic carbocycles. The van der Waals surface area contributed by atoms with Crippen LogP contribution in [-0.4, -0.2) is 9.13 Å². The van der Waals surface area contributed by atoms with Crippen molar-refractivity contribution in [2.45, 2.75) is 129 Å². The highest BCUT2D eigenvalue weighted by molar-refractivity contribution is 9.10. The molecule has 4 heteroatoms. The number of aryl methyl sites for hydroxylation is 2. The Morgan fingerprint density at radius 3 is 1.02 bits per heavy atom. The molecule has 0 radical (unpaired) electrons. The third kappa shape index (κ3) is 9.82. The number of hydrogen-bond donors (Lipinski definition) is 0. The van der Waals surface area contributed by atoms with Crippen molar-refractivity contribution in [2.75, 3.05) is 0 Å². The zero-order chi connectivity index (χ0) is 41.3. The van der Waals surface area contributed by atoms with Crippen LogP contribution >= 0.6 is 31.9 Å². The molecule has 0 bridgehead atoms. The molecule has 2 nitrogen and oxygen atoms in total. The summed E-state index contributed by atoms with van der Waals surface area (Å²) in [6.45, 7) is 4.59. The summed E-state index contributed by atoms with van der Waals surface area (Å²) in [4.78, 5) is 0. The molecule has 0 unspecified atom stereocenters. The van der Waals surface area contributed by atoms with Gasteiger partial charge in [0.25, 0.3) is 0 Å². The number of hydrogen-bond acceptors (Lipinski definition) is 0. The van der Waals surface area contributed by atoms with Crippen LogP contribution in [-0.2, 0) is 12.8 Å². The fourth-order valence-electron chi connectivity index (χ4n) is 9.48. The quantitative estimate of drug-likeness (QED) is 0.0636. The summed E-state index contributed by atoms with van der Waals surface area (Å²) in [5, 5.41) is 5.27. The average Bonchev–Trinajstić information content (AvgIpc) is 3.76. The van der Waals surface area contributed by atoms with Gasteiger partial charge in [-0.1, -0.05) is 172 Å². The predicted molar refractivity (Wildman–Crippen MR) is 269 cm³/mol. The van der Waals surface area contributed by atoms with Crippen LogP contribution in [0.2, 0.25) is 0 Å². The lowest BCUT2D eigenvalue weighted by molar-refractivity contribution is 0.575. The van der Waals surface area contributed by atoms with Crippen LogP contribution in [0.3, 0.4) is 0 Å². The molecule has 0 saturated carbocycles. The van der Waals surface area contributed by atoms with Gasteiger partial charge in [0.15, 0.2) is 0 Å². The van der Waals surface area contributed by atoms with Gasteiger partial charge in [-0.2, -0.15) is 0 Å². The lowest BCUT2D eigenvalue weighted by Gasteiger charge is -2.11. The van der Waals surface area contributed by atoms with Gasteiger partial charge in [0.1, 0.15) is 0 Å². The molecule has 8 rings (SSSR count). The molecule has 310 valence electrons. The summed E-state index contributed by atoms with van der Waals surface area (Å²) in [6, 6.07) is 46.0. The van der Waals surface area contributed by atoms with Crippen LogP contribution in [0.25, 0.3) is 66.1 Å². The number of benzene rings is 6. The largest absolute Gasteiger partial charge is 0.309 e. The summed E-state index contributed by atoms with van der Waals surface area (Å²) in [5.41, 5.74) is 12.7. The van der Waals surface area contributed by atoms with Gasteiger partial charge in [-0.25, -0.2) is 0 Å². The van der Waals surface area contributed by atoms with Gasteiger partial charge in [-0.15, -0.1) is 0 Å². The summed E-state index contributed by atoms with van der Waals surface area (Å²) in [6.07, 6.45) is 23.9. The maximum absolute atomic E-state index is 3.77. The molecule has 8 aromatic rings. The van der Waals surface area contributed by atoms with Crippen molar-refractivity contribution in [3.63, 3.8) is 0 Å². The topological polar surface area (TPSA) is 9.86 Å². The lowest BCUT2D eigenvalue weighted by atomic mass is 10.0. The molecule has 0 saturated heterocycles. The first kappa shape index (κ1) is 42.6. The first-order valence-corrected chi connectivity index (χ1v) is 24.8. The minimum Gasteiger partial charge on any atom is -0.309 e. The lowest BCUT2D eigenvalue weighted by Crippen LogP contribution is -1.95. The zero-order valence-corrected chi connectivity index (χ0v) is 39.1. The van der Waals surface area contributed by atoms with E-state index in [4.69, 9.17) is 0 Å². The maximum Gasteiger partial charge on any atom is 0.0541 e. The van der Waals surface area contributed by atoms with Crippen molar-refractivity contribution in [3.05, 3.63) is 141 Å². The molecular weight excluding hydrogens is 860 g/mol. The number of halogens is 2. The molecule has 0 aliphatic rings. The smallest absolute Gasteiger partial charge is 0.0541 e. The van der Waals surface area contributed by atoms with E-state index in [1.54, 1.807) is 0 Å². The van der Waals surface area contributed by atoms with E-state index >= 15 is 0 Å². The summed E-state index contributed by atoms with van der Waals surface area (Å²) in [7, 11) is 0. The Morgan fingerprint density at radius 1 is 0.333 bits per heavy atom. The van der Waals surface area contributed by atoms with Crippen molar-refractivity contribution in [1.29, 1.82) is 0 Å². The van der Waals surface area contributed by atoms with E-state index in [2.05, 4.69) is 176 Å². The van der Waals surface area contributed by atoms with E-state index in [1.807, 2.05) is 0 Å². The van der Waals surface area contributed by atoms with E-state index in [9.17, 15) is 0 Å². The number of fused-ring (bicyclic) bond motifs is 6. The van der Waals surface area contributed by atoms with Crippen molar-refractivity contribution in [1.82, 2.24) is 9.13 Å². The Bertz CT molecular complexity index is 2460. The van der Waals surface area contributed by atoms with E-state index in [1.165, 1.54) is 180 Å². The minimum absolute atomic E-state index is 1.12. The second kappa shape index (κ2) is 20.6. The van der Waals surface area contributed by atoms with Crippen LogP contribution in [0.5, 0.6) is 0 Å². The van der Waals surface area contributed by atoms with Crippen molar-refractivity contribution in [3.8, 4) is 22.5 Å². The van der Waals surface area contributed by atoms with E-state index in [0.717, 1.165) is 21.8 Å². The van der Waals surface area contributed by atoms with Crippen molar-refractivity contribution < 1.29 is 0 Å². The molecule has 0 fully saturated rings.